The predicted octanol–water partition coefficient (Wildman–Crippen LogP) is 4.56. The number of halogens is 1. The molecule has 0 aromatic heterocycles. The first-order chi connectivity index (χ1) is 34.4. The minimum Gasteiger partial charge on any atom is -0.399 e. The van der Waals surface area contributed by atoms with Crippen LogP contribution in [0, 0.1) is 11.8 Å². The van der Waals surface area contributed by atoms with E-state index in [0.717, 1.165) is 28.7 Å². The van der Waals surface area contributed by atoms with Crippen LogP contribution < -0.4 is 55.7 Å². The summed E-state index contributed by atoms with van der Waals surface area (Å²) in [5, 5.41) is 10.0. The summed E-state index contributed by atoms with van der Waals surface area (Å²) in [5.41, 5.74) is 38.2. The Balaban J connectivity index is 0.000000472. The highest BCUT2D eigenvalue weighted by atomic mass is 19.1. The number of nitrogens with one attached hydrogen (secondary N) is 4. The Kier molecular flexibility index (Phi) is 28.5. The predicted molar refractivity (Wildman–Crippen MR) is 287 cm³/mol. The Hall–Kier alpha value is -9.45. The number of rotatable bonds is 7. The number of benzene rings is 4. The molecule has 16 N–H and O–H groups in total. The first-order valence-electron chi connectivity index (χ1n) is 21.8. The molecule has 0 saturated carbocycles. The summed E-state index contributed by atoms with van der Waals surface area (Å²) in [4.78, 5) is 76.8. The van der Waals surface area contributed by atoms with E-state index in [9.17, 15) is 33.2 Å². The van der Waals surface area contributed by atoms with Gasteiger partial charge >= 0.3 is 12.1 Å². The van der Waals surface area contributed by atoms with Gasteiger partial charge in [0.05, 0.1) is 12.7 Å². The number of hydrogen-bond acceptors (Lipinski definition) is 10. The molecule has 0 fully saturated rings. The molecule has 2 aliphatic heterocycles. The fraction of sp³-hybridized carbons (Fsp3) is 0.216. The molecule has 20 nitrogen and oxygen atoms in total. The number of aliphatic imine (C=N–C) groups is 2. The van der Waals surface area contributed by atoms with Gasteiger partial charge in [-0.05, 0) is 121 Å². The van der Waals surface area contributed by atoms with Crippen LogP contribution in [-0.4, -0.2) is 113 Å². The van der Waals surface area contributed by atoms with Crippen LogP contribution in [0.15, 0.2) is 132 Å². The average molecular weight is 989 g/mol. The van der Waals surface area contributed by atoms with Gasteiger partial charge in [-0.2, -0.15) is 0 Å². The number of nitrogen functional groups attached to an aromatic ring is 2. The third-order valence-corrected chi connectivity index (χ3v) is 9.48. The summed E-state index contributed by atoms with van der Waals surface area (Å²) in [6.07, 6.45) is 8.12. The number of anilines is 4. The third kappa shape index (κ3) is 23.5. The van der Waals surface area contributed by atoms with Crippen molar-refractivity contribution in [2.24, 2.45) is 32.9 Å². The fourth-order valence-corrected chi connectivity index (χ4v) is 5.99. The van der Waals surface area contributed by atoms with Crippen LogP contribution in [0.4, 0.5) is 36.7 Å². The summed E-state index contributed by atoms with van der Waals surface area (Å²) in [6, 6.07) is 26.8. The topological polar surface area (TPSA) is 338 Å². The molecule has 0 spiro atoms. The number of nitrogens with zero attached hydrogens (tertiary/aromatic N) is 4. The molecule has 0 atom stereocenters. The quantitative estimate of drug-likeness (QED) is 0.0405. The molecule has 0 saturated heterocycles. The summed E-state index contributed by atoms with van der Waals surface area (Å²) >= 11 is 0. The van der Waals surface area contributed by atoms with Crippen LogP contribution in [0.3, 0.4) is 0 Å². The van der Waals surface area contributed by atoms with Crippen molar-refractivity contribution in [3.8, 4) is 11.8 Å². The number of carbonyl (C=O) groups excluding carboxylic acids is 6. The standard InChI is InChI=1S/C16H17N3O2.C15H16FN3O2.2C8H10N2O.2C2H6N2/c1-2-4-15(20)19-10-3-5-13(11-19)12-6-8-14(9-7-12)18-16(17)21;1-10(16)14(20)19-8-2-3-12(9-19)11-4-6-13(7-5-11)18-15(17)21;2*1-10-8(11)6-2-4-7(9)5-3-6;2*1-4-2-3/h5-9H,3,10-11H2,1H3,(H3,17,18,21);3-7H,1-2,8-9H2,(H3,17,18,21);2*2-5H,9H2,1H3,(H,10,11);2*2H,1H3,(H2,3,4). The lowest BCUT2D eigenvalue weighted by molar-refractivity contribution is -0.128. The zero-order valence-electron chi connectivity index (χ0n) is 41.1. The third-order valence-electron chi connectivity index (χ3n) is 9.48. The fourth-order valence-electron chi connectivity index (χ4n) is 5.99. The molecule has 72 heavy (non-hydrogen) atoms. The molecule has 2 aliphatic rings. The molecular weight excluding hydrogens is 924 g/mol. The SMILES string of the molecule is C=C(F)C(=O)N1CCC=C(c2ccc(NC(N)=O)cc2)C1.CC#CC(=O)N1CCC=C(c2ccc(NC(N)=O)cc2)C1.CN=CN.CN=CN.CNC(=O)c1ccc(N)cc1.CNC(=O)c1ccc(N)cc1. The Morgan fingerprint density at radius 3 is 1.28 bits per heavy atom. The van der Waals surface area contributed by atoms with Crippen molar-refractivity contribution < 1.29 is 33.2 Å². The van der Waals surface area contributed by atoms with Gasteiger partial charge in [-0.15, -0.1) is 0 Å². The zero-order valence-corrected chi connectivity index (χ0v) is 41.1. The molecule has 4 aromatic carbocycles. The van der Waals surface area contributed by atoms with Crippen molar-refractivity contribution in [3.63, 3.8) is 0 Å². The van der Waals surface area contributed by atoms with E-state index in [-0.39, 0.29) is 17.7 Å². The molecule has 0 radical (unpaired) electrons. The summed E-state index contributed by atoms with van der Waals surface area (Å²) in [6.45, 7) is 6.75. The Bertz CT molecular complexity index is 2510. The number of primary amides is 2. The van der Waals surface area contributed by atoms with E-state index >= 15 is 0 Å². The molecule has 0 unspecified atom stereocenters. The number of amides is 8. The van der Waals surface area contributed by atoms with E-state index in [2.05, 4.69) is 55.7 Å². The lowest BCUT2D eigenvalue weighted by Crippen LogP contribution is -2.35. The normalized spacial score (nSPS) is 12.0. The molecule has 21 heteroatoms. The van der Waals surface area contributed by atoms with Crippen molar-refractivity contribution in [1.29, 1.82) is 0 Å². The highest BCUT2D eigenvalue weighted by Gasteiger charge is 2.21. The Morgan fingerprint density at radius 1 is 0.625 bits per heavy atom. The van der Waals surface area contributed by atoms with Crippen LogP contribution in [-0.2, 0) is 9.59 Å². The van der Waals surface area contributed by atoms with Crippen LogP contribution >= 0.6 is 0 Å². The van der Waals surface area contributed by atoms with Crippen LogP contribution in [0.1, 0.15) is 51.6 Å². The Labute approximate surface area is 419 Å². The second-order valence-electron chi connectivity index (χ2n) is 14.6. The van der Waals surface area contributed by atoms with E-state index in [1.807, 2.05) is 30.3 Å². The highest BCUT2D eigenvalue weighted by Crippen LogP contribution is 2.24. The monoisotopic (exact) mass is 989 g/mol. The summed E-state index contributed by atoms with van der Waals surface area (Å²) in [5.74, 6) is 3.25. The average Bonchev–Trinajstić information content (AvgIpc) is 3.39. The second-order valence-corrected chi connectivity index (χ2v) is 14.6. The molecule has 382 valence electrons. The first kappa shape index (κ1) is 60.6. The van der Waals surface area contributed by atoms with Crippen LogP contribution in [0.5, 0.6) is 0 Å². The minimum atomic E-state index is -0.947. The molecule has 8 amide bonds. The lowest BCUT2D eigenvalue weighted by Gasteiger charge is -2.27. The first-order valence-corrected chi connectivity index (χ1v) is 21.8. The van der Waals surface area contributed by atoms with Crippen LogP contribution in [0.2, 0.25) is 0 Å². The van der Waals surface area contributed by atoms with Crippen molar-refractivity contribution in [2.45, 2.75) is 19.8 Å². The number of nitrogens with two attached hydrogens (primary N) is 6. The van der Waals surface area contributed by atoms with E-state index in [0.29, 0.717) is 66.5 Å². The number of hydrogen-bond donors (Lipinski definition) is 10. The van der Waals surface area contributed by atoms with E-state index in [1.54, 1.807) is 113 Å². The molecule has 0 aliphatic carbocycles. The summed E-state index contributed by atoms with van der Waals surface area (Å²) in [7, 11) is 6.44. The van der Waals surface area contributed by atoms with E-state index in [1.165, 1.54) is 17.6 Å². The van der Waals surface area contributed by atoms with Gasteiger partial charge in [0.2, 0.25) is 0 Å². The van der Waals surface area contributed by atoms with Gasteiger partial charge in [-0.25, -0.2) is 14.0 Å². The van der Waals surface area contributed by atoms with Gasteiger partial charge in [0, 0.05) is 88.2 Å². The Morgan fingerprint density at radius 2 is 0.972 bits per heavy atom. The molecule has 0 bridgehead atoms. The lowest BCUT2D eigenvalue weighted by atomic mass is 10.0. The van der Waals surface area contributed by atoms with Crippen molar-refractivity contribution in [3.05, 3.63) is 144 Å². The zero-order chi connectivity index (χ0) is 54.0. The molecular formula is C51H65FN14O6. The van der Waals surface area contributed by atoms with Gasteiger partial charge < -0.3 is 65.5 Å². The number of carbonyl (C=O) groups is 6. The van der Waals surface area contributed by atoms with E-state index < -0.39 is 23.8 Å². The van der Waals surface area contributed by atoms with Gasteiger partial charge in [-0.1, -0.05) is 48.9 Å². The van der Waals surface area contributed by atoms with Crippen molar-refractivity contribution >= 4 is 82.3 Å². The van der Waals surface area contributed by atoms with E-state index in [4.69, 9.17) is 34.4 Å². The maximum absolute atomic E-state index is 12.9. The largest absolute Gasteiger partial charge is 0.399 e. The minimum absolute atomic E-state index is 0.0926. The van der Waals surface area contributed by atoms with Crippen molar-refractivity contribution in [2.75, 3.05) is 76.5 Å². The van der Waals surface area contributed by atoms with Gasteiger partial charge in [0.1, 0.15) is 0 Å². The van der Waals surface area contributed by atoms with Gasteiger partial charge in [0.15, 0.2) is 5.83 Å². The molecule has 2 heterocycles. The summed E-state index contributed by atoms with van der Waals surface area (Å²) < 4.78 is 12.9. The van der Waals surface area contributed by atoms with Gasteiger partial charge in [0.25, 0.3) is 23.6 Å². The molecule has 6 rings (SSSR count). The smallest absolute Gasteiger partial charge is 0.316 e. The van der Waals surface area contributed by atoms with Crippen molar-refractivity contribution in [1.82, 2.24) is 20.4 Å². The second kappa shape index (κ2) is 33.9. The molecule has 4 aromatic rings. The van der Waals surface area contributed by atoms with Gasteiger partial charge in [-0.3, -0.25) is 29.2 Å². The number of urea groups is 2. The maximum atomic E-state index is 12.9. The highest BCUT2D eigenvalue weighted by molar-refractivity contribution is 5.96. The maximum Gasteiger partial charge on any atom is 0.316 e. The van der Waals surface area contributed by atoms with Crippen LogP contribution in [0.25, 0.3) is 11.1 Å².